The van der Waals surface area contributed by atoms with E-state index < -0.39 is 0 Å². The summed E-state index contributed by atoms with van der Waals surface area (Å²) in [4.78, 5) is 25.8. The number of likely N-dealkylation sites (N-methyl/N-ethyl adjacent to an activating group) is 1. The van der Waals surface area contributed by atoms with Gasteiger partial charge in [-0.1, -0.05) is 26.7 Å². The molecule has 1 amide bonds. The predicted octanol–water partition coefficient (Wildman–Crippen LogP) is 2.61. The number of amides is 1. The predicted molar refractivity (Wildman–Crippen MR) is 74.6 cm³/mol. The van der Waals surface area contributed by atoms with Gasteiger partial charge in [0.25, 0.3) is 0 Å². The Kier molecular flexibility index (Phi) is 5.83. The Bertz CT molecular complexity index is 325. The molecule has 0 radical (unpaired) electrons. The third-order valence-electron chi connectivity index (χ3n) is 4.12. The van der Waals surface area contributed by atoms with Gasteiger partial charge < -0.3 is 9.64 Å². The molecule has 0 bridgehead atoms. The molecule has 110 valence electrons. The Morgan fingerprint density at radius 1 is 1.26 bits per heavy atom. The fraction of sp³-hybridized carbons (Fsp3) is 0.867. The Morgan fingerprint density at radius 3 is 2.47 bits per heavy atom. The second-order valence-electron chi connectivity index (χ2n) is 5.94. The maximum Gasteiger partial charge on any atom is 0.325 e. The topological polar surface area (TPSA) is 46.6 Å². The van der Waals surface area contributed by atoms with Crippen LogP contribution in [0.4, 0.5) is 0 Å². The van der Waals surface area contributed by atoms with Gasteiger partial charge in [-0.25, -0.2) is 0 Å². The van der Waals surface area contributed by atoms with Crippen LogP contribution in [-0.4, -0.2) is 36.5 Å². The molecule has 1 saturated carbocycles. The minimum absolute atomic E-state index is 0.0376. The van der Waals surface area contributed by atoms with Gasteiger partial charge in [-0.15, -0.1) is 0 Å². The van der Waals surface area contributed by atoms with Crippen molar-refractivity contribution in [3.63, 3.8) is 0 Å². The molecule has 1 rings (SSSR count). The molecule has 0 aromatic heterocycles. The molecule has 0 aromatic carbocycles. The molecule has 0 aliphatic heterocycles. The summed E-state index contributed by atoms with van der Waals surface area (Å²) in [6.07, 6.45) is 4.32. The van der Waals surface area contributed by atoms with Crippen molar-refractivity contribution in [1.29, 1.82) is 0 Å². The largest absolute Gasteiger partial charge is 0.465 e. The van der Waals surface area contributed by atoms with E-state index in [4.69, 9.17) is 4.74 Å². The molecular weight excluding hydrogens is 242 g/mol. The molecule has 0 spiro atoms. The van der Waals surface area contributed by atoms with Crippen molar-refractivity contribution in [2.24, 2.45) is 11.3 Å². The number of carbonyl (C=O) groups is 2. The van der Waals surface area contributed by atoms with Crippen molar-refractivity contribution in [2.75, 3.05) is 19.7 Å². The first-order valence-electron chi connectivity index (χ1n) is 7.36. The van der Waals surface area contributed by atoms with Gasteiger partial charge in [-0.3, -0.25) is 9.59 Å². The van der Waals surface area contributed by atoms with Gasteiger partial charge in [-0.2, -0.15) is 0 Å². The summed E-state index contributed by atoms with van der Waals surface area (Å²) in [6, 6.07) is 0. The number of ether oxygens (including phenoxy) is 1. The van der Waals surface area contributed by atoms with Crippen LogP contribution in [0.1, 0.15) is 53.4 Å². The van der Waals surface area contributed by atoms with E-state index in [1.54, 1.807) is 11.8 Å². The van der Waals surface area contributed by atoms with Gasteiger partial charge in [0.15, 0.2) is 0 Å². The van der Waals surface area contributed by atoms with Crippen molar-refractivity contribution >= 4 is 11.9 Å². The van der Waals surface area contributed by atoms with Crippen LogP contribution < -0.4 is 0 Å². The van der Waals surface area contributed by atoms with Gasteiger partial charge >= 0.3 is 5.97 Å². The maximum atomic E-state index is 12.6. The molecule has 1 unspecified atom stereocenters. The second-order valence-corrected chi connectivity index (χ2v) is 5.94. The molecule has 19 heavy (non-hydrogen) atoms. The zero-order valence-corrected chi connectivity index (χ0v) is 12.7. The quantitative estimate of drug-likeness (QED) is 0.721. The van der Waals surface area contributed by atoms with Crippen LogP contribution in [0.5, 0.6) is 0 Å². The lowest BCUT2D eigenvalue weighted by molar-refractivity contribution is -0.152. The third-order valence-corrected chi connectivity index (χ3v) is 4.12. The van der Waals surface area contributed by atoms with Crippen LogP contribution in [0.15, 0.2) is 0 Å². The molecule has 0 saturated heterocycles. The first-order valence-corrected chi connectivity index (χ1v) is 7.36. The summed E-state index contributed by atoms with van der Waals surface area (Å²) in [7, 11) is 0. The number of esters is 1. The lowest BCUT2D eigenvalue weighted by Crippen LogP contribution is -2.45. The van der Waals surface area contributed by atoms with Gasteiger partial charge in [-0.05, 0) is 32.1 Å². The Morgan fingerprint density at radius 2 is 1.95 bits per heavy atom. The van der Waals surface area contributed by atoms with E-state index in [1.165, 1.54) is 6.42 Å². The SMILES string of the molecule is CCOC(=O)CN(CC)C(=O)C1CCCCC1(C)C. The number of rotatable bonds is 5. The minimum atomic E-state index is -0.314. The Balaban J connectivity index is 2.69. The third kappa shape index (κ3) is 4.22. The summed E-state index contributed by atoms with van der Waals surface area (Å²) in [5.74, 6) is -0.165. The summed E-state index contributed by atoms with van der Waals surface area (Å²) in [6.45, 7) is 9.01. The average Bonchev–Trinajstić information content (AvgIpc) is 2.35. The molecule has 1 aliphatic rings. The molecule has 1 fully saturated rings. The molecule has 4 nitrogen and oxygen atoms in total. The van der Waals surface area contributed by atoms with Gasteiger partial charge in [0.2, 0.25) is 5.91 Å². The number of hydrogen-bond acceptors (Lipinski definition) is 3. The summed E-state index contributed by atoms with van der Waals surface area (Å²) < 4.78 is 4.93. The van der Waals surface area contributed by atoms with Crippen LogP contribution in [0.25, 0.3) is 0 Å². The van der Waals surface area contributed by atoms with Crippen molar-refractivity contribution in [2.45, 2.75) is 53.4 Å². The van der Waals surface area contributed by atoms with Crippen LogP contribution in [0.2, 0.25) is 0 Å². The van der Waals surface area contributed by atoms with Crippen molar-refractivity contribution in [1.82, 2.24) is 4.90 Å². The van der Waals surface area contributed by atoms with E-state index in [0.29, 0.717) is 13.2 Å². The van der Waals surface area contributed by atoms with Crippen LogP contribution >= 0.6 is 0 Å². The smallest absolute Gasteiger partial charge is 0.325 e. The van der Waals surface area contributed by atoms with Gasteiger partial charge in [0.05, 0.1) is 6.61 Å². The standard InChI is InChI=1S/C15H27NO3/c1-5-16(11-13(17)19-6-2)14(18)12-9-7-8-10-15(12,3)4/h12H,5-11H2,1-4H3. The molecule has 1 aliphatic carbocycles. The average molecular weight is 269 g/mol. The van der Waals surface area contributed by atoms with E-state index in [2.05, 4.69) is 13.8 Å². The zero-order valence-electron chi connectivity index (χ0n) is 12.7. The molecule has 0 heterocycles. The molecule has 1 atom stereocenters. The summed E-state index contributed by atoms with van der Waals surface area (Å²) in [5.41, 5.74) is 0.0391. The van der Waals surface area contributed by atoms with Gasteiger partial charge in [0, 0.05) is 12.5 Å². The maximum absolute atomic E-state index is 12.6. The molecular formula is C15H27NO3. The van der Waals surface area contributed by atoms with Crippen LogP contribution in [-0.2, 0) is 14.3 Å². The van der Waals surface area contributed by atoms with E-state index >= 15 is 0 Å². The minimum Gasteiger partial charge on any atom is -0.465 e. The highest BCUT2D eigenvalue weighted by molar-refractivity contribution is 5.84. The molecule has 0 N–H and O–H groups in total. The normalized spacial score (nSPS) is 21.8. The molecule has 0 aromatic rings. The van der Waals surface area contributed by atoms with E-state index in [1.807, 2.05) is 6.92 Å². The van der Waals surface area contributed by atoms with Crippen LogP contribution in [0, 0.1) is 11.3 Å². The lowest BCUT2D eigenvalue weighted by Gasteiger charge is -2.39. The van der Waals surface area contributed by atoms with Crippen molar-refractivity contribution in [3.8, 4) is 0 Å². The Hall–Kier alpha value is -1.06. The molecule has 4 heteroatoms. The Labute approximate surface area is 116 Å². The highest BCUT2D eigenvalue weighted by Crippen LogP contribution is 2.41. The fourth-order valence-electron chi connectivity index (χ4n) is 2.88. The lowest BCUT2D eigenvalue weighted by atomic mass is 9.68. The number of carbonyl (C=O) groups excluding carboxylic acids is 2. The zero-order chi connectivity index (χ0) is 14.5. The summed E-state index contributed by atoms with van der Waals surface area (Å²) >= 11 is 0. The number of nitrogens with zero attached hydrogens (tertiary/aromatic N) is 1. The summed E-state index contributed by atoms with van der Waals surface area (Å²) in [5, 5.41) is 0. The highest BCUT2D eigenvalue weighted by Gasteiger charge is 2.39. The highest BCUT2D eigenvalue weighted by atomic mass is 16.5. The van der Waals surface area contributed by atoms with Crippen LogP contribution in [0.3, 0.4) is 0 Å². The van der Waals surface area contributed by atoms with Gasteiger partial charge in [0.1, 0.15) is 6.54 Å². The van der Waals surface area contributed by atoms with E-state index in [-0.39, 0.29) is 29.8 Å². The van der Waals surface area contributed by atoms with E-state index in [0.717, 1.165) is 19.3 Å². The van der Waals surface area contributed by atoms with Crippen molar-refractivity contribution < 1.29 is 14.3 Å². The van der Waals surface area contributed by atoms with E-state index in [9.17, 15) is 9.59 Å². The first-order chi connectivity index (χ1) is 8.92. The number of hydrogen-bond donors (Lipinski definition) is 0. The monoisotopic (exact) mass is 269 g/mol. The second kappa shape index (κ2) is 6.92. The van der Waals surface area contributed by atoms with Crippen molar-refractivity contribution in [3.05, 3.63) is 0 Å². The first kappa shape index (κ1) is 16.0. The fourth-order valence-corrected chi connectivity index (χ4v) is 2.88.